The number of aromatic nitrogens is 2. The monoisotopic (exact) mass is 572 g/mol. The third-order valence-electron chi connectivity index (χ3n) is 9.13. The number of aromatic amines is 1. The number of carbonyl (C=O) groups is 1. The molecule has 0 unspecified atom stereocenters. The molecule has 7 nitrogen and oxygen atoms in total. The zero-order valence-electron chi connectivity index (χ0n) is 26.3. The van der Waals surface area contributed by atoms with Crippen molar-refractivity contribution in [3.05, 3.63) is 64.7 Å². The molecule has 1 aromatic heterocycles. The third-order valence-corrected chi connectivity index (χ3v) is 9.13. The van der Waals surface area contributed by atoms with Gasteiger partial charge in [-0.1, -0.05) is 36.2 Å². The van der Waals surface area contributed by atoms with Gasteiger partial charge < -0.3 is 14.8 Å². The van der Waals surface area contributed by atoms with Crippen molar-refractivity contribution in [3.8, 4) is 22.9 Å². The van der Waals surface area contributed by atoms with Gasteiger partial charge in [0.25, 0.3) is 0 Å². The van der Waals surface area contributed by atoms with Crippen molar-refractivity contribution >= 4 is 5.78 Å². The Morgan fingerprint density at radius 3 is 2.55 bits per heavy atom. The van der Waals surface area contributed by atoms with Gasteiger partial charge in [-0.05, 0) is 109 Å². The summed E-state index contributed by atoms with van der Waals surface area (Å²) in [5.41, 5.74) is 6.20. The van der Waals surface area contributed by atoms with Crippen LogP contribution in [-0.2, 0) is 11.2 Å². The van der Waals surface area contributed by atoms with E-state index in [4.69, 9.17) is 9.47 Å². The molecule has 0 radical (unpaired) electrons. The first kappa shape index (κ1) is 30.3. The van der Waals surface area contributed by atoms with Crippen molar-refractivity contribution in [2.45, 2.75) is 72.3 Å². The number of ketones is 1. The number of carbonyl (C=O) groups excluding carboxylic acids is 1. The number of fused-ring (bicyclic) bond motifs is 3. The predicted molar refractivity (Wildman–Crippen MR) is 168 cm³/mol. The van der Waals surface area contributed by atoms with E-state index in [1.807, 2.05) is 26.0 Å². The molecule has 3 aliphatic heterocycles. The van der Waals surface area contributed by atoms with E-state index in [1.165, 1.54) is 29.5 Å². The molecule has 0 spiro atoms. The van der Waals surface area contributed by atoms with Gasteiger partial charge in [-0.2, -0.15) is 0 Å². The summed E-state index contributed by atoms with van der Waals surface area (Å²) in [6.07, 6.45) is 4.36. The first-order valence-corrected chi connectivity index (χ1v) is 15.6. The van der Waals surface area contributed by atoms with Crippen LogP contribution < -0.4 is 14.8 Å². The van der Waals surface area contributed by atoms with Crippen molar-refractivity contribution in [2.24, 2.45) is 11.3 Å². The van der Waals surface area contributed by atoms with Gasteiger partial charge in [0.1, 0.15) is 12.4 Å². The Kier molecular flexibility index (Phi) is 9.38. The molecule has 2 atom stereocenters. The molecule has 0 aliphatic carbocycles. The van der Waals surface area contributed by atoms with Gasteiger partial charge >= 0.3 is 0 Å². The van der Waals surface area contributed by atoms with Crippen molar-refractivity contribution < 1.29 is 14.3 Å². The first-order valence-electron chi connectivity index (χ1n) is 15.6. The van der Waals surface area contributed by atoms with Gasteiger partial charge in [0.05, 0.1) is 24.3 Å². The fraction of sp³-hybridized carbons (Fsp3) is 0.543. The summed E-state index contributed by atoms with van der Waals surface area (Å²) in [7, 11) is 1.70. The molecule has 42 heavy (non-hydrogen) atoms. The summed E-state index contributed by atoms with van der Waals surface area (Å²) < 4.78 is 11.8. The summed E-state index contributed by atoms with van der Waals surface area (Å²) in [5.74, 6) is 2.60. The normalized spacial score (nSPS) is 20.9. The van der Waals surface area contributed by atoms with Crippen molar-refractivity contribution in [2.75, 3.05) is 39.9 Å². The Bertz CT molecular complexity index is 1350. The minimum atomic E-state index is -0.601. The highest BCUT2D eigenvalue weighted by atomic mass is 16.5. The Morgan fingerprint density at radius 2 is 1.88 bits per heavy atom. The number of hydrogen-bond donors (Lipinski definition) is 2. The maximum Gasteiger partial charge on any atom is 0.236 e. The number of aryl methyl sites for hydroxylation is 2. The van der Waals surface area contributed by atoms with E-state index in [-0.39, 0.29) is 12.0 Å². The second-order valence-electron chi connectivity index (χ2n) is 13.2. The number of nitrogens with zero attached hydrogens (tertiary/aromatic N) is 2. The average Bonchev–Trinajstić information content (AvgIpc) is 3.42. The van der Waals surface area contributed by atoms with Crippen LogP contribution in [0.4, 0.5) is 0 Å². The lowest BCUT2D eigenvalue weighted by molar-refractivity contribution is -0.138. The molecule has 3 saturated heterocycles. The van der Waals surface area contributed by atoms with Crippen molar-refractivity contribution in [3.63, 3.8) is 0 Å². The van der Waals surface area contributed by atoms with Crippen LogP contribution in [0.2, 0.25) is 0 Å². The number of ether oxygens (including phenoxy) is 2. The van der Waals surface area contributed by atoms with Crippen LogP contribution >= 0.6 is 0 Å². The minimum absolute atomic E-state index is 0.0216. The van der Waals surface area contributed by atoms with Crippen LogP contribution in [0.1, 0.15) is 68.2 Å². The standard InChI is InChI=1S/C35H48N4O3/c1-23-16-24(2)18-28(17-23)32-31(25(3)21-36-13-10-26-8-7-9-29(19-26)41-6)34(38-37-32)42-22-35(4,5)33(40)30-20-27-11-14-39(30)15-12-27/h7-9,16-19,25,27,30,36H,10-15,20-22H2,1-6H3,(H,37,38)/t25-,30+/m1/s1. The largest absolute Gasteiger partial charge is 0.497 e. The van der Waals surface area contributed by atoms with Gasteiger partial charge in [0, 0.05) is 23.6 Å². The van der Waals surface area contributed by atoms with Crippen LogP contribution in [0, 0.1) is 25.2 Å². The number of benzene rings is 2. The topological polar surface area (TPSA) is 79.5 Å². The van der Waals surface area contributed by atoms with Crippen LogP contribution in [-0.4, -0.2) is 66.8 Å². The summed E-state index contributed by atoms with van der Waals surface area (Å²) in [6, 6.07) is 14.8. The molecule has 7 heteroatoms. The maximum atomic E-state index is 13.7. The second kappa shape index (κ2) is 13.0. The molecule has 0 amide bonds. The van der Waals surface area contributed by atoms with Crippen LogP contribution in [0.25, 0.3) is 11.3 Å². The van der Waals surface area contributed by atoms with Crippen molar-refractivity contribution in [1.82, 2.24) is 20.4 Å². The van der Waals surface area contributed by atoms with E-state index in [1.54, 1.807) is 7.11 Å². The van der Waals surface area contributed by atoms with Gasteiger partial charge in [-0.25, -0.2) is 0 Å². The smallest absolute Gasteiger partial charge is 0.236 e. The molecular weight excluding hydrogens is 524 g/mol. The quantitative estimate of drug-likeness (QED) is 0.241. The first-order chi connectivity index (χ1) is 20.1. The van der Waals surface area contributed by atoms with E-state index < -0.39 is 5.41 Å². The van der Waals surface area contributed by atoms with E-state index in [0.29, 0.717) is 24.2 Å². The number of rotatable bonds is 13. The van der Waals surface area contributed by atoms with Gasteiger partial charge in [0.2, 0.25) is 5.88 Å². The molecule has 4 heterocycles. The summed E-state index contributed by atoms with van der Waals surface area (Å²) in [4.78, 5) is 16.1. The zero-order valence-corrected chi connectivity index (χ0v) is 26.3. The lowest BCUT2D eigenvalue weighted by atomic mass is 9.75. The second-order valence-corrected chi connectivity index (χ2v) is 13.2. The Balaban J connectivity index is 1.30. The van der Waals surface area contributed by atoms with Crippen LogP contribution in [0.3, 0.4) is 0 Å². The van der Waals surface area contributed by atoms with E-state index in [0.717, 1.165) is 61.6 Å². The summed E-state index contributed by atoms with van der Waals surface area (Å²) in [6.45, 7) is 14.5. The SMILES string of the molecule is COc1cccc(CCNC[C@@H](C)c2c(OCC(C)(C)C(=O)[C@@H]3CC4CCN3CC4)n[nH]c2-c2cc(C)cc(C)c2)c1. The lowest BCUT2D eigenvalue weighted by Crippen LogP contribution is -2.56. The number of piperidine rings is 3. The maximum absolute atomic E-state index is 13.7. The Labute approximate surface area is 251 Å². The van der Waals surface area contributed by atoms with Gasteiger partial charge in [-0.3, -0.25) is 14.8 Å². The number of methoxy groups -OCH3 is 1. The van der Waals surface area contributed by atoms with Crippen molar-refractivity contribution in [1.29, 1.82) is 0 Å². The highest BCUT2D eigenvalue weighted by Gasteiger charge is 2.43. The van der Waals surface area contributed by atoms with E-state index in [2.05, 4.69) is 71.5 Å². The van der Waals surface area contributed by atoms with Gasteiger partial charge in [0.15, 0.2) is 5.78 Å². The predicted octanol–water partition coefficient (Wildman–Crippen LogP) is 6.10. The molecule has 3 aromatic rings. The zero-order chi connectivity index (χ0) is 29.9. The number of H-pyrrole nitrogens is 1. The summed E-state index contributed by atoms with van der Waals surface area (Å²) in [5, 5.41) is 11.6. The molecule has 3 fully saturated rings. The number of hydrogen-bond acceptors (Lipinski definition) is 6. The van der Waals surface area contributed by atoms with E-state index >= 15 is 0 Å². The number of Topliss-reactive ketones (excluding diaryl/α,β-unsaturated/α-hetero) is 1. The lowest BCUT2D eigenvalue weighted by Gasteiger charge is -2.46. The van der Waals surface area contributed by atoms with Crippen LogP contribution in [0.15, 0.2) is 42.5 Å². The highest BCUT2D eigenvalue weighted by Crippen LogP contribution is 2.38. The fourth-order valence-corrected chi connectivity index (χ4v) is 6.73. The molecule has 226 valence electrons. The van der Waals surface area contributed by atoms with Crippen LogP contribution in [0.5, 0.6) is 11.6 Å². The molecule has 2 aromatic carbocycles. The Hall–Kier alpha value is -3.16. The van der Waals surface area contributed by atoms with Gasteiger partial charge in [-0.15, -0.1) is 5.10 Å². The fourth-order valence-electron chi connectivity index (χ4n) is 6.73. The average molecular weight is 573 g/mol. The molecule has 2 bridgehead atoms. The molecule has 3 aliphatic rings. The molecule has 6 rings (SSSR count). The Morgan fingerprint density at radius 1 is 1.14 bits per heavy atom. The summed E-state index contributed by atoms with van der Waals surface area (Å²) >= 11 is 0. The van der Waals surface area contributed by atoms with E-state index in [9.17, 15) is 4.79 Å². The molecule has 0 saturated carbocycles. The third kappa shape index (κ3) is 6.90. The molecular formula is C35H48N4O3. The minimum Gasteiger partial charge on any atom is -0.497 e. The number of nitrogens with one attached hydrogen (secondary N) is 2. The highest BCUT2D eigenvalue weighted by molar-refractivity contribution is 5.89. The molecule has 2 N–H and O–H groups in total.